The number of imidazole rings is 1. The van der Waals surface area contributed by atoms with Crippen LogP contribution in [0, 0.1) is 10.1 Å². The van der Waals surface area contributed by atoms with Gasteiger partial charge in [0, 0.05) is 25.3 Å². The van der Waals surface area contributed by atoms with Gasteiger partial charge in [0.15, 0.2) is 17.0 Å². The minimum Gasteiger partial charge on any atom is -0.410 e. The predicted octanol–water partition coefficient (Wildman–Crippen LogP) is 6.81. The Morgan fingerprint density at radius 1 is 1.04 bits per heavy atom. The third kappa shape index (κ3) is 7.70. The van der Waals surface area contributed by atoms with Gasteiger partial charge in [-0.2, -0.15) is 0 Å². The zero-order valence-electron chi connectivity index (χ0n) is 29.2. The Balaban J connectivity index is 1.11. The van der Waals surface area contributed by atoms with Crippen molar-refractivity contribution in [1.82, 2.24) is 34.4 Å². The molecule has 1 unspecified atom stereocenters. The number of anilines is 1. The van der Waals surface area contributed by atoms with E-state index in [4.69, 9.17) is 14.5 Å². The van der Waals surface area contributed by atoms with Gasteiger partial charge >= 0.3 is 6.09 Å². The van der Waals surface area contributed by atoms with E-state index in [-0.39, 0.29) is 23.2 Å². The van der Waals surface area contributed by atoms with Crippen LogP contribution < -0.4 is 20.9 Å². The molecule has 1 aliphatic heterocycles. The number of aryl methyl sites for hydroxylation is 1. The number of fused-ring (bicyclic) bond motifs is 2. The molecule has 6 aromatic rings. The summed E-state index contributed by atoms with van der Waals surface area (Å²) in [5, 5.41) is 17.6. The summed E-state index contributed by atoms with van der Waals surface area (Å²) in [5.41, 5.74) is 3.17. The topological polar surface area (TPSA) is 181 Å². The molecule has 272 valence electrons. The number of hydrogen-bond donors (Lipinski definition) is 2. The number of hydrogen-bond acceptors (Lipinski definition) is 11. The standard InChI is InChI=1S/C38H39N9O6/c1-2-29(43-34-33-36(41-23-40-34)45(24-42-33)31-16-7-9-22-52-31)35-44-30-15-10-12-25(32(30)37(48)46(35)26-13-4-3-5-14-26)11-6-8-21-39-38(49)53-28-19-17-27(18-20-28)47(50)51/h3-5,10,12-15,17-20,23-24,29,31H,2,6-9,11,16,21-22H2,1H3,(H,39,49)(H,40,41,43)/t29-,31?/m0/s1. The Morgan fingerprint density at radius 3 is 2.62 bits per heavy atom. The number of amides is 1. The van der Waals surface area contributed by atoms with Gasteiger partial charge in [-0.25, -0.2) is 24.7 Å². The van der Waals surface area contributed by atoms with Crippen LogP contribution in [0.25, 0.3) is 27.8 Å². The van der Waals surface area contributed by atoms with Crippen molar-refractivity contribution in [3.63, 3.8) is 0 Å². The maximum Gasteiger partial charge on any atom is 0.412 e. The lowest BCUT2D eigenvalue weighted by Crippen LogP contribution is -2.29. The van der Waals surface area contributed by atoms with Gasteiger partial charge in [-0.05, 0) is 80.8 Å². The molecule has 2 atom stereocenters. The Kier molecular flexibility index (Phi) is 10.6. The molecule has 1 fully saturated rings. The second kappa shape index (κ2) is 16.0. The number of para-hydroxylation sites is 1. The summed E-state index contributed by atoms with van der Waals surface area (Å²) >= 11 is 0. The number of rotatable bonds is 13. The fourth-order valence-electron chi connectivity index (χ4n) is 6.62. The lowest BCUT2D eigenvalue weighted by molar-refractivity contribution is -0.384. The normalized spacial score (nSPS) is 14.9. The highest BCUT2D eigenvalue weighted by molar-refractivity contribution is 5.84. The Labute approximate surface area is 304 Å². The van der Waals surface area contributed by atoms with E-state index in [9.17, 15) is 19.7 Å². The highest BCUT2D eigenvalue weighted by Gasteiger charge is 2.25. The van der Waals surface area contributed by atoms with E-state index in [1.54, 1.807) is 10.9 Å². The minimum absolute atomic E-state index is 0.0902. The Morgan fingerprint density at radius 2 is 1.87 bits per heavy atom. The summed E-state index contributed by atoms with van der Waals surface area (Å²) in [6, 6.07) is 20.1. The molecule has 0 radical (unpaired) electrons. The lowest BCUT2D eigenvalue weighted by Gasteiger charge is -2.24. The van der Waals surface area contributed by atoms with E-state index in [1.165, 1.54) is 30.6 Å². The van der Waals surface area contributed by atoms with Gasteiger partial charge in [-0.1, -0.05) is 37.3 Å². The number of nitro groups is 1. The summed E-state index contributed by atoms with van der Waals surface area (Å²) in [4.78, 5) is 56.1. The van der Waals surface area contributed by atoms with Crippen molar-refractivity contribution in [3.8, 4) is 11.4 Å². The Hall–Kier alpha value is -6.22. The SMILES string of the molecule is CC[C@H](Nc1ncnc2c1ncn2C1CCCCO1)c1nc2cccc(CCCCNC(=O)Oc3ccc([N+](=O)[O-])cc3)c2c(=O)n1-c1ccccc1. The number of carbonyl (C=O) groups is 1. The third-order valence-corrected chi connectivity index (χ3v) is 9.28. The summed E-state index contributed by atoms with van der Waals surface area (Å²) in [6.07, 6.45) is 7.99. The first-order valence-electron chi connectivity index (χ1n) is 17.8. The number of nitro benzene ring substituents is 1. The summed E-state index contributed by atoms with van der Waals surface area (Å²) in [5.74, 6) is 1.30. The molecule has 0 bridgehead atoms. The molecule has 1 saturated heterocycles. The van der Waals surface area contributed by atoms with E-state index < -0.39 is 17.1 Å². The first-order chi connectivity index (χ1) is 25.9. The Bertz CT molecular complexity index is 2290. The van der Waals surface area contributed by atoms with Crippen LogP contribution in [0.5, 0.6) is 5.75 Å². The molecule has 0 spiro atoms. The maximum absolute atomic E-state index is 14.6. The van der Waals surface area contributed by atoms with E-state index in [2.05, 4.69) is 25.6 Å². The second-order valence-electron chi connectivity index (χ2n) is 12.8. The van der Waals surface area contributed by atoms with Crippen LogP contribution in [0.4, 0.5) is 16.3 Å². The van der Waals surface area contributed by atoms with Crippen molar-refractivity contribution in [2.75, 3.05) is 18.5 Å². The molecule has 15 nitrogen and oxygen atoms in total. The lowest BCUT2D eigenvalue weighted by atomic mass is 10.0. The van der Waals surface area contributed by atoms with Crippen molar-refractivity contribution in [1.29, 1.82) is 0 Å². The number of non-ortho nitro benzene ring substituents is 1. The first kappa shape index (κ1) is 35.2. The molecule has 0 aliphatic carbocycles. The number of nitrogens with one attached hydrogen (secondary N) is 2. The average molecular weight is 718 g/mol. The van der Waals surface area contributed by atoms with Gasteiger partial charge in [0.1, 0.15) is 24.1 Å². The summed E-state index contributed by atoms with van der Waals surface area (Å²) < 4.78 is 14.9. The van der Waals surface area contributed by atoms with Crippen LogP contribution >= 0.6 is 0 Å². The van der Waals surface area contributed by atoms with Crippen LogP contribution in [0.15, 0.2) is 90.2 Å². The van der Waals surface area contributed by atoms with Crippen LogP contribution in [-0.4, -0.2) is 53.2 Å². The molecular formula is C38H39N9O6. The van der Waals surface area contributed by atoms with Gasteiger partial charge in [0.25, 0.3) is 11.2 Å². The van der Waals surface area contributed by atoms with E-state index in [1.807, 2.05) is 60.0 Å². The van der Waals surface area contributed by atoms with Crippen molar-refractivity contribution >= 4 is 39.7 Å². The second-order valence-corrected chi connectivity index (χ2v) is 12.8. The number of ether oxygens (including phenoxy) is 2. The van der Waals surface area contributed by atoms with Crippen LogP contribution in [0.2, 0.25) is 0 Å². The molecule has 0 saturated carbocycles. The molecule has 15 heteroatoms. The number of benzene rings is 3. The molecule has 2 N–H and O–H groups in total. The third-order valence-electron chi connectivity index (χ3n) is 9.28. The molecule has 4 heterocycles. The zero-order chi connectivity index (χ0) is 36.7. The minimum atomic E-state index is -0.653. The largest absolute Gasteiger partial charge is 0.412 e. The van der Waals surface area contributed by atoms with Crippen LogP contribution in [0.1, 0.15) is 69.1 Å². The van der Waals surface area contributed by atoms with Crippen molar-refractivity contribution < 1.29 is 19.2 Å². The molecule has 1 aliphatic rings. The highest BCUT2D eigenvalue weighted by atomic mass is 16.6. The monoisotopic (exact) mass is 717 g/mol. The molecule has 1 amide bonds. The van der Waals surface area contributed by atoms with E-state index in [0.29, 0.717) is 78.2 Å². The molecule has 3 aromatic heterocycles. The van der Waals surface area contributed by atoms with Gasteiger partial charge in [0.2, 0.25) is 0 Å². The predicted molar refractivity (Wildman–Crippen MR) is 198 cm³/mol. The first-order valence-corrected chi connectivity index (χ1v) is 17.8. The van der Waals surface area contributed by atoms with Crippen molar-refractivity contribution in [2.45, 2.75) is 64.1 Å². The number of nitrogens with zero attached hydrogens (tertiary/aromatic N) is 7. The smallest absolute Gasteiger partial charge is 0.410 e. The number of carbonyl (C=O) groups excluding carboxylic acids is 1. The highest BCUT2D eigenvalue weighted by Crippen LogP contribution is 2.30. The zero-order valence-corrected chi connectivity index (χ0v) is 29.2. The van der Waals surface area contributed by atoms with Gasteiger partial charge in [0.05, 0.1) is 33.9 Å². The molecule has 53 heavy (non-hydrogen) atoms. The summed E-state index contributed by atoms with van der Waals surface area (Å²) in [6.45, 7) is 3.08. The quantitative estimate of drug-likeness (QED) is 0.0728. The molecule has 3 aromatic carbocycles. The van der Waals surface area contributed by atoms with Crippen LogP contribution in [-0.2, 0) is 11.2 Å². The fourth-order valence-corrected chi connectivity index (χ4v) is 6.62. The number of aromatic nitrogens is 6. The van der Waals surface area contributed by atoms with Gasteiger partial charge < -0.3 is 20.1 Å². The number of unbranched alkanes of at least 4 members (excludes halogenated alkanes) is 1. The van der Waals surface area contributed by atoms with Gasteiger partial charge in [-0.15, -0.1) is 0 Å². The summed E-state index contributed by atoms with van der Waals surface area (Å²) in [7, 11) is 0. The van der Waals surface area contributed by atoms with Crippen molar-refractivity contribution in [2.24, 2.45) is 0 Å². The van der Waals surface area contributed by atoms with E-state index >= 15 is 0 Å². The molecule has 7 rings (SSSR count). The van der Waals surface area contributed by atoms with E-state index in [0.717, 1.165) is 24.8 Å². The van der Waals surface area contributed by atoms with Crippen LogP contribution in [0.3, 0.4) is 0 Å². The maximum atomic E-state index is 14.6. The van der Waals surface area contributed by atoms with Gasteiger partial charge in [-0.3, -0.25) is 24.0 Å². The average Bonchev–Trinajstić information content (AvgIpc) is 3.63. The molecular weight excluding hydrogens is 678 g/mol. The fraction of sp³-hybridized carbons (Fsp3) is 0.316. The van der Waals surface area contributed by atoms with Crippen molar-refractivity contribution in [3.05, 3.63) is 117 Å².